The molecule has 0 bridgehead atoms. The third-order valence-corrected chi connectivity index (χ3v) is 2.77. The fraction of sp³-hybridized carbons (Fsp3) is 0.333. The topological polar surface area (TPSA) is 51.0 Å². The summed E-state index contributed by atoms with van der Waals surface area (Å²) in [6.45, 7) is 0. The zero-order valence-electron chi connectivity index (χ0n) is 10.1. The molecule has 0 saturated heterocycles. The smallest absolute Gasteiger partial charge is 0.390 e. The molecule has 106 valence electrons. The number of halogens is 4. The number of alkyl halides is 3. The number of aromatic amines is 1. The number of benzene rings is 1. The first kappa shape index (κ1) is 15.7. The Morgan fingerprint density at radius 3 is 2.63 bits per heavy atom. The summed E-state index contributed by atoms with van der Waals surface area (Å²) < 4.78 is 42.0. The average Bonchev–Trinajstić information content (AvgIpc) is 2.69. The van der Waals surface area contributed by atoms with Gasteiger partial charge in [-0.2, -0.15) is 13.2 Å². The minimum absolute atomic E-state index is 0. The van der Waals surface area contributed by atoms with Gasteiger partial charge in [0.15, 0.2) is 0 Å². The third-order valence-electron chi connectivity index (χ3n) is 2.77. The number of fused-ring (bicyclic) bond motifs is 1. The van der Waals surface area contributed by atoms with Crippen LogP contribution in [-0.4, -0.2) is 18.3 Å². The van der Waals surface area contributed by atoms with E-state index in [0.717, 1.165) is 5.52 Å². The highest BCUT2D eigenvalue weighted by molar-refractivity contribution is 5.85. The second-order valence-corrected chi connectivity index (χ2v) is 4.08. The molecular formula is C12H14ClF3N2O. The van der Waals surface area contributed by atoms with Crippen LogP contribution in [0, 0.1) is 0 Å². The SMILES string of the molecule is COc1ccc2[nH]cc([C@H](N)CC(F)(F)F)c2c1.Cl. The molecule has 3 N–H and O–H groups in total. The molecule has 2 aromatic rings. The fourth-order valence-corrected chi connectivity index (χ4v) is 1.91. The van der Waals surface area contributed by atoms with Gasteiger partial charge in [0.25, 0.3) is 0 Å². The molecule has 1 aromatic heterocycles. The lowest BCUT2D eigenvalue weighted by Crippen LogP contribution is -2.19. The molecule has 0 aliphatic heterocycles. The van der Waals surface area contributed by atoms with Gasteiger partial charge >= 0.3 is 6.18 Å². The molecule has 1 atom stereocenters. The van der Waals surface area contributed by atoms with Gasteiger partial charge in [-0.15, -0.1) is 12.4 Å². The molecule has 1 heterocycles. The minimum atomic E-state index is -4.28. The van der Waals surface area contributed by atoms with Crippen LogP contribution in [0.2, 0.25) is 0 Å². The van der Waals surface area contributed by atoms with Gasteiger partial charge in [-0.3, -0.25) is 0 Å². The molecule has 0 amide bonds. The van der Waals surface area contributed by atoms with Crippen molar-refractivity contribution in [1.29, 1.82) is 0 Å². The third kappa shape index (κ3) is 3.54. The van der Waals surface area contributed by atoms with Crippen molar-refractivity contribution in [2.45, 2.75) is 18.6 Å². The van der Waals surface area contributed by atoms with Crippen LogP contribution >= 0.6 is 12.4 Å². The van der Waals surface area contributed by atoms with Crippen molar-refractivity contribution in [1.82, 2.24) is 4.98 Å². The highest BCUT2D eigenvalue weighted by Gasteiger charge is 2.31. The zero-order valence-corrected chi connectivity index (χ0v) is 10.9. The predicted octanol–water partition coefficient (Wildman–Crippen LogP) is 3.55. The lowest BCUT2D eigenvalue weighted by Gasteiger charge is -2.13. The van der Waals surface area contributed by atoms with Gasteiger partial charge in [-0.25, -0.2) is 0 Å². The summed E-state index contributed by atoms with van der Waals surface area (Å²) in [6, 6.07) is 4.08. The first-order chi connectivity index (χ1) is 8.40. The molecule has 3 nitrogen and oxygen atoms in total. The van der Waals surface area contributed by atoms with Crippen molar-refractivity contribution in [3.63, 3.8) is 0 Å². The van der Waals surface area contributed by atoms with E-state index in [0.29, 0.717) is 16.7 Å². The summed E-state index contributed by atoms with van der Waals surface area (Å²) in [5.41, 5.74) is 6.79. The Hall–Kier alpha value is -1.40. The number of hydrogen-bond donors (Lipinski definition) is 2. The summed E-state index contributed by atoms with van der Waals surface area (Å²) in [4.78, 5) is 2.90. The van der Waals surface area contributed by atoms with E-state index in [1.54, 1.807) is 18.2 Å². The van der Waals surface area contributed by atoms with Crippen molar-refractivity contribution < 1.29 is 17.9 Å². The fourth-order valence-electron chi connectivity index (χ4n) is 1.91. The number of hydrogen-bond acceptors (Lipinski definition) is 2. The average molecular weight is 295 g/mol. The van der Waals surface area contributed by atoms with Crippen LogP contribution in [0.15, 0.2) is 24.4 Å². The van der Waals surface area contributed by atoms with Gasteiger partial charge in [-0.05, 0) is 23.8 Å². The van der Waals surface area contributed by atoms with E-state index < -0.39 is 18.6 Å². The van der Waals surface area contributed by atoms with Crippen molar-refractivity contribution in [3.8, 4) is 5.75 Å². The van der Waals surface area contributed by atoms with Gasteiger partial charge < -0.3 is 15.5 Å². The second-order valence-electron chi connectivity index (χ2n) is 4.08. The molecule has 0 saturated carbocycles. The summed E-state index contributed by atoms with van der Waals surface area (Å²) in [6.07, 6.45) is -3.81. The van der Waals surface area contributed by atoms with Gasteiger partial charge in [0.2, 0.25) is 0 Å². The van der Waals surface area contributed by atoms with Gasteiger partial charge in [-0.1, -0.05) is 0 Å². The number of H-pyrrole nitrogens is 1. The number of aromatic nitrogens is 1. The largest absolute Gasteiger partial charge is 0.497 e. The highest BCUT2D eigenvalue weighted by Crippen LogP contribution is 2.32. The summed E-state index contributed by atoms with van der Waals surface area (Å²) in [5, 5.41) is 0.658. The Morgan fingerprint density at radius 1 is 1.37 bits per heavy atom. The summed E-state index contributed by atoms with van der Waals surface area (Å²) in [7, 11) is 1.50. The number of ether oxygens (including phenoxy) is 1. The molecule has 0 unspecified atom stereocenters. The predicted molar refractivity (Wildman–Crippen MR) is 69.7 cm³/mol. The Labute approximate surface area is 114 Å². The molecule has 2 rings (SSSR count). The van der Waals surface area contributed by atoms with E-state index in [4.69, 9.17) is 10.5 Å². The number of nitrogens with one attached hydrogen (secondary N) is 1. The van der Waals surface area contributed by atoms with Crippen LogP contribution in [0.5, 0.6) is 5.75 Å². The Bertz CT molecular complexity index is 553. The number of methoxy groups -OCH3 is 1. The summed E-state index contributed by atoms with van der Waals surface area (Å²) >= 11 is 0. The highest BCUT2D eigenvalue weighted by atomic mass is 35.5. The zero-order chi connectivity index (χ0) is 13.3. The molecule has 0 aliphatic rings. The molecule has 1 aromatic carbocycles. The van der Waals surface area contributed by atoms with E-state index in [2.05, 4.69) is 4.98 Å². The Kier molecular flexibility index (Phi) is 4.70. The molecule has 0 spiro atoms. The van der Waals surface area contributed by atoms with Crippen LogP contribution in [0.25, 0.3) is 10.9 Å². The molecule has 0 fully saturated rings. The lowest BCUT2D eigenvalue weighted by atomic mass is 10.0. The van der Waals surface area contributed by atoms with Crippen LogP contribution in [0.3, 0.4) is 0 Å². The first-order valence-corrected chi connectivity index (χ1v) is 5.38. The van der Waals surface area contributed by atoms with Crippen LogP contribution < -0.4 is 10.5 Å². The maximum atomic E-state index is 12.3. The number of nitrogens with two attached hydrogens (primary N) is 1. The summed E-state index contributed by atoms with van der Waals surface area (Å²) in [5.74, 6) is 0.586. The monoisotopic (exact) mass is 294 g/mol. The Balaban J connectivity index is 0.00000180. The quantitative estimate of drug-likeness (QED) is 0.909. The van der Waals surface area contributed by atoms with E-state index in [1.807, 2.05) is 0 Å². The van der Waals surface area contributed by atoms with Crippen molar-refractivity contribution in [2.75, 3.05) is 7.11 Å². The Morgan fingerprint density at radius 2 is 2.05 bits per heavy atom. The molecule has 0 radical (unpaired) electrons. The second kappa shape index (κ2) is 5.71. The standard InChI is InChI=1S/C12H13F3N2O.ClH/c1-18-7-2-3-11-8(4-7)9(6-17-11)10(16)5-12(13,14)15;/h2-4,6,10,17H,5,16H2,1H3;1H/t10-;/m1./s1. The van der Waals surface area contributed by atoms with E-state index >= 15 is 0 Å². The van der Waals surface area contributed by atoms with Crippen LogP contribution in [0.4, 0.5) is 13.2 Å². The van der Waals surface area contributed by atoms with Gasteiger partial charge in [0.05, 0.1) is 13.5 Å². The molecule has 19 heavy (non-hydrogen) atoms. The lowest BCUT2D eigenvalue weighted by molar-refractivity contribution is -0.138. The van der Waals surface area contributed by atoms with E-state index in [-0.39, 0.29) is 12.4 Å². The maximum Gasteiger partial charge on any atom is 0.390 e. The van der Waals surface area contributed by atoms with Gasteiger partial charge in [0.1, 0.15) is 5.75 Å². The number of rotatable bonds is 3. The van der Waals surface area contributed by atoms with Crippen molar-refractivity contribution in [3.05, 3.63) is 30.0 Å². The van der Waals surface area contributed by atoms with Crippen molar-refractivity contribution in [2.24, 2.45) is 5.73 Å². The molecule has 7 heteroatoms. The van der Waals surface area contributed by atoms with Gasteiger partial charge in [0, 0.05) is 23.1 Å². The minimum Gasteiger partial charge on any atom is -0.497 e. The van der Waals surface area contributed by atoms with Crippen LogP contribution in [0.1, 0.15) is 18.0 Å². The maximum absolute atomic E-state index is 12.3. The van der Waals surface area contributed by atoms with E-state index in [9.17, 15) is 13.2 Å². The first-order valence-electron chi connectivity index (χ1n) is 5.38. The molecule has 0 aliphatic carbocycles. The van der Waals surface area contributed by atoms with E-state index in [1.165, 1.54) is 13.3 Å². The normalized spacial score (nSPS) is 13.1. The van der Waals surface area contributed by atoms with Crippen molar-refractivity contribution >= 4 is 23.3 Å². The molecular weight excluding hydrogens is 281 g/mol. The van der Waals surface area contributed by atoms with Crippen LogP contribution in [-0.2, 0) is 0 Å².